The van der Waals surface area contributed by atoms with Crippen molar-refractivity contribution < 1.29 is 28.7 Å². The molecule has 4 aliphatic heterocycles. The van der Waals surface area contributed by atoms with E-state index in [0.717, 1.165) is 50.0 Å². The van der Waals surface area contributed by atoms with Crippen molar-refractivity contribution in [1.29, 1.82) is 0 Å². The van der Waals surface area contributed by atoms with Gasteiger partial charge in [-0.15, -0.1) is 0 Å². The van der Waals surface area contributed by atoms with Crippen molar-refractivity contribution >= 4 is 29.5 Å². The molecule has 3 saturated heterocycles. The Bertz CT molecular complexity index is 1030. The summed E-state index contributed by atoms with van der Waals surface area (Å²) in [5.41, 5.74) is 2.64. The molecule has 10 nitrogen and oxygen atoms in total. The van der Waals surface area contributed by atoms with Crippen molar-refractivity contribution in [2.75, 3.05) is 37.7 Å². The number of nitrogens with zero attached hydrogens (tertiary/aromatic N) is 3. The molecule has 1 aromatic carbocycles. The van der Waals surface area contributed by atoms with Gasteiger partial charge >= 0.3 is 6.09 Å². The molecule has 194 valence electrons. The van der Waals surface area contributed by atoms with E-state index in [9.17, 15) is 19.2 Å². The van der Waals surface area contributed by atoms with Crippen molar-refractivity contribution in [2.24, 2.45) is 0 Å². The average Bonchev–Trinajstić information content (AvgIpc) is 3.20. The summed E-state index contributed by atoms with van der Waals surface area (Å²) >= 11 is 0. The monoisotopic (exact) mass is 498 g/mol. The number of carbonyl (C=O) groups is 4. The fourth-order valence-corrected chi connectivity index (χ4v) is 5.67. The van der Waals surface area contributed by atoms with Gasteiger partial charge in [0, 0.05) is 50.4 Å². The maximum atomic E-state index is 12.9. The molecule has 0 aliphatic carbocycles. The van der Waals surface area contributed by atoms with Gasteiger partial charge in [-0.1, -0.05) is 0 Å². The molecule has 0 bridgehead atoms. The van der Waals surface area contributed by atoms with Crippen LogP contribution in [0.15, 0.2) is 18.2 Å². The SMILES string of the molecule is CCOC(=O)N1CCC(OC2CCN(c3ccc4c(c3)CN(C3CCC(=O)NC3=O)C4=O)CC2)CC1. The van der Waals surface area contributed by atoms with E-state index in [4.69, 9.17) is 9.47 Å². The van der Waals surface area contributed by atoms with Gasteiger partial charge in [0.05, 0.1) is 18.8 Å². The number of imide groups is 1. The quantitative estimate of drug-likeness (QED) is 0.619. The summed E-state index contributed by atoms with van der Waals surface area (Å²) in [7, 11) is 0. The van der Waals surface area contributed by atoms with Crippen LogP contribution in [0.1, 0.15) is 61.4 Å². The Balaban J connectivity index is 1.12. The largest absolute Gasteiger partial charge is 0.450 e. The highest BCUT2D eigenvalue weighted by molar-refractivity contribution is 6.05. The van der Waals surface area contributed by atoms with Crippen molar-refractivity contribution in [1.82, 2.24) is 15.1 Å². The van der Waals surface area contributed by atoms with E-state index >= 15 is 0 Å². The minimum Gasteiger partial charge on any atom is -0.450 e. The molecular formula is C26H34N4O6. The van der Waals surface area contributed by atoms with E-state index in [0.29, 0.717) is 38.2 Å². The topological polar surface area (TPSA) is 108 Å². The van der Waals surface area contributed by atoms with E-state index in [1.54, 1.807) is 9.80 Å². The zero-order valence-corrected chi connectivity index (χ0v) is 20.7. The van der Waals surface area contributed by atoms with Crippen LogP contribution < -0.4 is 10.2 Å². The predicted molar refractivity (Wildman–Crippen MR) is 130 cm³/mol. The molecule has 0 saturated carbocycles. The summed E-state index contributed by atoms with van der Waals surface area (Å²) in [6, 6.07) is 5.31. The molecular weight excluding hydrogens is 464 g/mol. The van der Waals surface area contributed by atoms with E-state index in [1.165, 1.54) is 0 Å². The van der Waals surface area contributed by atoms with Gasteiger partial charge in [-0.3, -0.25) is 19.7 Å². The van der Waals surface area contributed by atoms with Crippen molar-refractivity contribution in [3.8, 4) is 0 Å². The Morgan fingerprint density at radius 2 is 1.69 bits per heavy atom. The molecule has 3 fully saturated rings. The first kappa shape index (κ1) is 24.5. The number of benzene rings is 1. The van der Waals surface area contributed by atoms with Crippen LogP contribution in [-0.4, -0.2) is 84.7 Å². The third kappa shape index (κ3) is 5.04. The number of nitrogens with one attached hydrogen (secondary N) is 1. The van der Waals surface area contributed by atoms with Gasteiger partial charge < -0.3 is 24.2 Å². The second kappa shape index (κ2) is 10.5. The predicted octanol–water partition coefficient (Wildman–Crippen LogP) is 2.05. The Morgan fingerprint density at radius 1 is 1.00 bits per heavy atom. The minimum atomic E-state index is -0.594. The standard InChI is InChI=1S/C26H34N4O6/c1-2-35-26(34)29-13-9-20(10-14-29)36-19-7-11-28(12-8-19)18-3-4-21-17(15-18)16-30(25(21)33)22-5-6-23(31)27-24(22)32/h3-4,15,19-20,22H,2,5-14,16H2,1H3,(H,27,31,32). The van der Waals surface area contributed by atoms with Crippen LogP contribution >= 0.6 is 0 Å². The van der Waals surface area contributed by atoms with Gasteiger partial charge in [-0.05, 0) is 62.8 Å². The van der Waals surface area contributed by atoms with Gasteiger partial charge in [0.25, 0.3) is 5.91 Å². The van der Waals surface area contributed by atoms with Crippen molar-refractivity contribution in [3.63, 3.8) is 0 Å². The smallest absolute Gasteiger partial charge is 0.409 e. The first-order valence-electron chi connectivity index (χ1n) is 13.0. The Hall–Kier alpha value is -3.14. The highest BCUT2D eigenvalue weighted by Gasteiger charge is 2.39. The zero-order valence-electron chi connectivity index (χ0n) is 20.7. The number of hydrogen-bond donors (Lipinski definition) is 1. The molecule has 4 aliphatic rings. The molecule has 4 amide bonds. The lowest BCUT2D eigenvalue weighted by molar-refractivity contribution is -0.136. The van der Waals surface area contributed by atoms with E-state index in [2.05, 4.69) is 16.3 Å². The van der Waals surface area contributed by atoms with Crippen LogP contribution in [0.4, 0.5) is 10.5 Å². The molecule has 0 aromatic heterocycles. The van der Waals surface area contributed by atoms with Gasteiger partial charge in [0.2, 0.25) is 11.8 Å². The first-order valence-corrected chi connectivity index (χ1v) is 13.0. The van der Waals surface area contributed by atoms with Crippen molar-refractivity contribution in [3.05, 3.63) is 29.3 Å². The summed E-state index contributed by atoms with van der Waals surface area (Å²) in [4.78, 5) is 54.2. The number of piperidine rings is 3. The summed E-state index contributed by atoms with van der Waals surface area (Å²) < 4.78 is 11.5. The van der Waals surface area contributed by atoms with Gasteiger partial charge in [-0.2, -0.15) is 0 Å². The number of anilines is 1. The number of carbonyl (C=O) groups excluding carboxylic acids is 4. The molecule has 0 radical (unpaired) electrons. The van der Waals surface area contributed by atoms with E-state index in [1.807, 2.05) is 19.1 Å². The van der Waals surface area contributed by atoms with E-state index < -0.39 is 6.04 Å². The molecule has 1 unspecified atom stereocenters. The number of amides is 4. The maximum Gasteiger partial charge on any atom is 0.409 e. The summed E-state index contributed by atoms with van der Waals surface area (Å²) in [5, 5.41) is 2.35. The summed E-state index contributed by atoms with van der Waals surface area (Å²) in [5.74, 6) is -0.814. The molecule has 4 heterocycles. The van der Waals surface area contributed by atoms with Crippen LogP contribution in [0, 0.1) is 0 Å². The van der Waals surface area contributed by atoms with E-state index in [-0.39, 0.29) is 42.4 Å². The van der Waals surface area contributed by atoms with Gasteiger partial charge in [0.1, 0.15) is 6.04 Å². The number of hydrogen-bond acceptors (Lipinski definition) is 7. The highest BCUT2D eigenvalue weighted by Crippen LogP contribution is 2.32. The minimum absolute atomic E-state index is 0.146. The fourth-order valence-electron chi connectivity index (χ4n) is 5.67. The van der Waals surface area contributed by atoms with Gasteiger partial charge in [-0.25, -0.2) is 4.79 Å². The molecule has 0 spiro atoms. The molecule has 1 aromatic rings. The van der Waals surface area contributed by atoms with Crippen LogP contribution in [0.25, 0.3) is 0 Å². The molecule has 1 N–H and O–H groups in total. The second-order valence-electron chi connectivity index (χ2n) is 9.95. The molecule has 5 rings (SSSR count). The van der Waals surface area contributed by atoms with Crippen molar-refractivity contribution in [2.45, 2.75) is 70.2 Å². The zero-order chi connectivity index (χ0) is 25.2. The van der Waals surface area contributed by atoms with Crippen LogP contribution in [0.3, 0.4) is 0 Å². The third-order valence-corrected chi connectivity index (χ3v) is 7.67. The first-order chi connectivity index (χ1) is 17.4. The fraction of sp³-hybridized carbons (Fsp3) is 0.615. The third-order valence-electron chi connectivity index (χ3n) is 7.67. The number of rotatable bonds is 5. The lowest BCUT2D eigenvalue weighted by atomic mass is 10.0. The number of ether oxygens (including phenoxy) is 2. The van der Waals surface area contributed by atoms with Crippen LogP contribution in [0.5, 0.6) is 0 Å². The maximum absolute atomic E-state index is 12.9. The summed E-state index contributed by atoms with van der Waals surface area (Å²) in [6.45, 7) is 5.69. The second-order valence-corrected chi connectivity index (χ2v) is 9.95. The lowest BCUT2D eigenvalue weighted by Gasteiger charge is -2.37. The number of likely N-dealkylation sites (tertiary alicyclic amines) is 1. The Labute approximate surface area is 210 Å². The average molecular weight is 499 g/mol. The molecule has 36 heavy (non-hydrogen) atoms. The van der Waals surface area contributed by atoms with Gasteiger partial charge in [0.15, 0.2) is 0 Å². The normalized spacial score (nSPS) is 23.6. The Kier molecular flexibility index (Phi) is 7.13. The summed E-state index contributed by atoms with van der Waals surface area (Å²) in [6.07, 6.45) is 4.29. The molecule has 1 atom stereocenters. The molecule has 10 heteroatoms. The lowest BCUT2D eigenvalue weighted by Crippen LogP contribution is -2.52. The van der Waals surface area contributed by atoms with Crippen LogP contribution in [-0.2, 0) is 25.6 Å². The highest BCUT2D eigenvalue weighted by atomic mass is 16.6. The Morgan fingerprint density at radius 3 is 2.36 bits per heavy atom. The van der Waals surface area contributed by atoms with Crippen LogP contribution in [0.2, 0.25) is 0 Å². The number of fused-ring (bicyclic) bond motifs is 1.